The molecule has 0 N–H and O–H groups in total. The number of benzene rings is 9. The summed E-state index contributed by atoms with van der Waals surface area (Å²) in [5.74, 6) is 1.77. The minimum Gasteiger partial charge on any atom is -0.455 e. The van der Waals surface area contributed by atoms with Gasteiger partial charge in [0.15, 0.2) is 17.5 Å². The van der Waals surface area contributed by atoms with E-state index in [0.717, 1.165) is 54.8 Å². The van der Waals surface area contributed by atoms with Crippen molar-refractivity contribution in [2.24, 2.45) is 0 Å². The summed E-state index contributed by atoms with van der Waals surface area (Å²) in [4.78, 5) is 16.0. The van der Waals surface area contributed by atoms with E-state index in [1.807, 2.05) is 18.2 Å². The number of hydrogen-bond acceptors (Lipinski definition) is 4. The molecule has 11 aromatic rings. The zero-order chi connectivity index (χ0) is 38.2. The van der Waals surface area contributed by atoms with E-state index in [0.29, 0.717) is 17.5 Å². The molecule has 0 radical (unpaired) electrons. The van der Waals surface area contributed by atoms with Crippen LogP contribution in [0.5, 0.6) is 0 Å². The van der Waals surface area contributed by atoms with Gasteiger partial charge in [0, 0.05) is 27.3 Å². The third-order valence-corrected chi connectivity index (χ3v) is 12.0. The van der Waals surface area contributed by atoms with Crippen LogP contribution in [0.4, 0.5) is 0 Å². The van der Waals surface area contributed by atoms with Crippen LogP contribution in [0.1, 0.15) is 22.3 Å². The van der Waals surface area contributed by atoms with Crippen molar-refractivity contribution in [3.8, 4) is 45.3 Å². The lowest BCUT2D eigenvalue weighted by molar-refractivity contribution is 0.669. The maximum Gasteiger partial charge on any atom is 0.167 e. The van der Waals surface area contributed by atoms with Crippen LogP contribution in [0.25, 0.3) is 88.8 Å². The highest BCUT2D eigenvalue weighted by atomic mass is 16.3. The Bertz CT molecular complexity index is 3370. The van der Waals surface area contributed by atoms with E-state index >= 15 is 0 Å². The van der Waals surface area contributed by atoms with Crippen LogP contribution in [-0.2, 0) is 5.41 Å². The molecule has 0 aliphatic heterocycles. The van der Waals surface area contributed by atoms with E-state index in [1.54, 1.807) is 0 Å². The molecule has 270 valence electrons. The van der Waals surface area contributed by atoms with Crippen LogP contribution in [-0.4, -0.2) is 15.0 Å². The van der Waals surface area contributed by atoms with E-state index in [9.17, 15) is 0 Å². The van der Waals surface area contributed by atoms with Gasteiger partial charge in [0.25, 0.3) is 0 Å². The molecular formula is C54H33N3O. The van der Waals surface area contributed by atoms with Gasteiger partial charge in [0.2, 0.25) is 0 Å². The fraction of sp³-hybridized carbons (Fsp3) is 0.0185. The molecular weight excluding hydrogens is 707 g/mol. The lowest BCUT2D eigenvalue weighted by Gasteiger charge is -2.33. The Morgan fingerprint density at radius 1 is 0.362 bits per heavy atom. The fourth-order valence-electron chi connectivity index (χ4n) is 9.50. The molecule has 58 heavy (non-hydrogen) atoms. The van der Waals surface area contributed by atoms with Gasteiger partial charge in [-0.15, -0.1) is 0 Å². The number of nitrogens with zero attached hydrogens (tertiary/aromatic N) is 3. The molecule has 0 saturated heterocycles. The van der Waals surface area contributed by atoms with Gasteiger partial charge in [-0.2, -0.15) is 0 Å². The Balaban J connectivity index is 1.14. The summed E-state index contributed by atoms with van der Waals surface area (Å²) >= 11 is 0. The summed E-state index contributed by atoms with van der Waals surface area (Å²) in [6.07, 6.45) is 0. The summed E-state index contributed by atoms with van der Waals surface area (Å²) in [6, 6.07) is 71.0. The van der Waals surface area contributed by atoms with Gasteiger partial charge in [-0.25, -0.2) is 15.0 Å². The highest BCUT2D eigenvalue weighted by molar-refractivity contribution is 6.14. The zero-order valence-corrected chi connectivity index (χ0v) is 31.3. The van der Waals surface area contributed by atoms with Crippen molar-refractivity contribution in [3.63, 3.8) is 0 Å². The predicted molar refractivity (Wildman–Crippen MR) is 236 cm³/mol. The molecule has 12 rings (SSSR count). The normalized spacial score (nSPS) is 13.0. The van der Waals surface area contributed by atoms with Crippen molar-refractivity contribution in [2.45, 2.75) is 5.41 Å². The minimum absolute atomic E-state index is 0.497. The average Bonchev–Trinajstić information content (AvgIpc) is 3.83. The molecule has 0 amide bonds. The fourth-order valence-corrected chi connectivity index (χ4v) is 9.50. The van der Waals surface area contributed by atoms with E-state index in [1.165, 1.54) is 38.8 Å². The molecule has 0 atom stereocenters. The van der Waals surface area contributed by atoms with Crippen molar-refractivity contribution >= 4 is 43.5 Å². The van der Waals surface area contributed by atoms with Gasteiger partial charge in [-0.3, -0.25) is 0 Å². The Morgan fingerprint density at radius 2 is 0.931 bits per heavy atom. The molecule has 0 bridgehead atoms. The number of para-hydroxylation sites is 2. The Hall–Kier alpha value is -7.69. The summed E-state index contributed by atoms with van der Waals surface area (Å²) in [7, 11) is 0. The first kappa shape index (κ1) is 32.5. The number of hydrogen-bond donors (Lipinski definition) is 0. The van der Waals surface area contributed by atoms with E-state index < -0.39 is 5.41 Å². The molecule has 9 aromatic carbocycles. The van der Waals surface area contributed by atoms with E-state index in [2.05, 4.69) is 182 Å². The van der Waals surface area contributed by atoms with Crippen LogP contribution in [0.2, 0.25) is 0 Å². The highest BCUT2D eigenvalue weighted by Gasteiger charge is 2.46. The van der Waals surface area contributed by atoms with Crippen molar-refractivity contribution in [1.29, 1.82) is 0 Å². The highest BCUT2D eigenvalue weighted by Crippen LogP contribution is 2.56. The first-order valence-electron chi connectivity index (χ1n) is 19.7. The molecule has 1 aliphatic carbocycles. The zero-order valence-electron chi connectivity index (χ0n) is 31.3. The van der Waals surface area contributed by atoms with Crippen molar-refractivity contribution < 1.29 is 4.42 Å². The van der Waals surface area contributed by atoms with E-state index in [-0.39, 0.29) is 0 Å². The molecule has 1 aliphatic rings. The van der Waals surface area contributed by atoms with Gasteiger partial charge < -0.3 is 4.42 Å². The van der Waals surface area contributed by atoms with Gasteiger partial charge in [0.05, 0.1) is 11.0 Å². The summed E-state index contributed by atoms with van der Waals surface area (Å²) in [5, 5.41) is 6.66. The van der Waals surface area contributed by atoms with Gasteiger partial charge in [-0.05, 0) is 67.7 Å². The standard InChI is InChI=1S/C54H33N3O/c1-3-17-37(18-4-1)54(38-19-5-2-6-20-38)46-27-11-9-22-40(46)45-33-36(31-32-47(45)54)51-55-52(43-25-13-16-35-30-29-34-15-7-8-21-39(34)49(35)43)57-53(56-51)44-26-14-24-42-41-23-10-12-28-48(41)58-50(42)44/h1-33H. The molecule has 0 saturated carbocycles. The summed E-state index contributed by atoms with van der Waals surface area (Å²) in [5.41, 5.74) is 11.1. The summed E-state index contributed by atoms with van der Waals surface area (Å²) < 4.78 is 6.56. The molecule has 4 heteroatoms. The SMILES string of the molecule is c1ccc(C2(c3ccccc3)c3ccccc3-c3cc(-c4nc(-c5cccc6c5oc5ccccc56)nc(-c5cccc6ccc7ccccc7c56)n4)ccc32)cc1. The van der Waals surface area contributed by atoms with E-state index in [4.69, 9.17) is 19.4 Å². The maximum atomic E-state index is 6.56. The lowest BCUT2D eigenvalue weighted by Crippen LogP contribution is -2.28. The van der Waals surface area contributed by atoms with Crippen LogP contribution in [0.3, 0.4) is 0 Å². The predicted octanol–water partition coefficient (Wildman–Crippen LogP) is 13.4. The van der Waals surface area contributed by atoms with Crippen molar-refractivity contribution in [1.82, 2.24) is 15.0 Å². The number of fused-ring (bicyclic) bond motifs is 9. The Morgan fingerprint density at radius 3 is 1.76 bits per heavy atom. The minimum atomic E-state index is -0.497. The summed E-state index contributed by atoms with van der Waals surface area (Å²) in [6.45, 7) is 0. The van der Waals surface area contributed by atoms with Gasteiger partial charge >= 0.3 is 0 Å². The Kier molecular flexibility index (Phi) is 7.11. The monoisotopic (exact) mass is 739 g/mol. The average molecular weight is 740 g/mol. The second kappa shape index (κ2) is 12.7. The molecule has 0 spiro atoms. The third-order valence-electron chi connectivity index (χ3n) is 12.0. The van der Waals surface area contributed by atoms with Crippen LogP contribution >= 0.6 is 0 Å². The number of aromatic nitrogens is 3. The number of rotatable bonds is 5. The smallest absolute Gasteiger partial charge is 0.167 e. The maximum absolute atomic E-state index is 6.56. The second-order valence-corrected chi connectivity index (χ2v) is 15.1. The van der Waals surface area contributed by atoms with Crippen molar-refractivity contribution in [3.05, 3.63) is 222 Å². The quantitative estimate of drug-likeness (QED) is 0.165. The third kappa shape index (κ3) is 4.72. The molecule has 4 nitrogen and oxygen atoms in total. The molecule has 2 heterocycles. The largest absolute Gasteiger partial charge is 0.455 e. The number of furan rings is 1. The topological polar surface area (TPSA) is 51.8 Å². The van der Waals surface area contributed by atoms with Gasteiger partial charge in [0.1, 0.15) is 11.2 Å². The van der Waals surface area contributed by atoms with Crippen molar-refractivity contribution in [2.75, 3.05) is 0 Å². The first-order valence-corrected chi connectivity index (χ1v) is 19.7. The lowest BCUT2D eigenvalue weighted by atomic mass is 9.67. The van der Waals surface area contributed by atoms with Gasteiger partial charge in [-0.1, -0.05) is 182 Å². The second-order valence-electron chi connectivity index (χ2n) is 15.1. The van der Waals surface area contributed by atoms with Crippen LogP contribution in [0, 0.1) is 0 Å². The van der Waals surface area contributed by atoms with Crippen LogP contribution < -0.4 is 0 Å². The molecule has 0 fully saturated rings. The Labute approximate surface area is 334 Å². The molecule has 2 aromatic heterocycles. The van der Waals surface area contributed by atoms with Crippen LogP contribution in [0.15, 0.2) is 205 Å². The first-order chi connectivity index (χ1) is 28.8. The molecule has 0 unspecified atom stereocenters.